The van der Waals surface area contributed by atoms with E-state index in [0.717, 1.165) is 24.5 Å². The molecule has 0 radical (unpaired) electrons. The lowest BCUT2D eigenvalue weighted by Crippen LogP contribution is -2.03. The predicted molar refractivity (Wildman–Crippen MR) is 45.5 cm³/mol. The largest absolute Gasteiger partial charge is 0.393 e. The van der Waals surface area contributed by atoms with Crippen LogP contribution in [0.4, 0.5) is 0 Å². The average molecular weight is 164 g/mol. The van der Waals surface area contributed by atoms with E-state index in [9.17, 15) is 0 Å². The topological polar surface area (TPSA) is 29.5 Å². The summed E-state index contributed by atoms with van der Waals surface area (Å²) in [6, 6.07) is 0. The van der Waals surface area contributed by atoms with E-state index < -0.39 is 0 Å². The standard InChI is InChI=1S/C7H16O2S/c1-7(8)6-10-5-3-4-9-2/h7-8H,3-6H2,1-2H3. The zero-order valence-corrected chi connectivity index (χ0v) is 7.49. The summed E-state index contributed by atoms with van der Waals surface area (Å²) in [5, 5.41) is 8.86. The third kappa shape index (κ3) is 8.27. The average Bonchev–Trinajstić information content (AvgIpc) is 1.87. The second kappa shape index (κ2) is 7.38. The van der Waals surface area contributed by atoms with Crippen LogP contribution in [0, 0.1) is 0 Å². The van der Waals surface area contributed by atoms with Crippen molar-refractivity contribution in [3.8, 4) is 0 Å². The van der Waals surface area contributed by atoms with Gasteiger partial charge in [-0.3, -0.25) is 0 Å². The summed E-state index contributed by atoms with van der Waals surface area (Å²) in [5.74, 6) is 1.92. The molecule has 0 aromatic rings. The van der Waals surface area contributed by atoms with E-state index in [1.54, 1.807) is 18.9 Å². The summed E-state index contributed by atoms with van der Waals surface area (Å²) >= 11 is 1.77. The molecular weight excluding hydrogens is 148 g/mol. The summed E-state index contributed by atoms with van der Waals surface area (Å²) in [4.78, 5) is 0. The van der Waals surface area contributed by atoms with Crippen molar-refractivity contribution in [2.45, 2.75) is 19.4 Å². The smallest absolute Gasteiger partial charge is 0.0602 e. The van der Waals surface area contributed by atoms with Gasteiger partial charge in [0.15, 0.2) is 0 Å². The fourth-order valence-corrected chi connectivity index (χ4v) is 1.39. The molecule has 0 heterocycles. The lowest BCUT2D eigenvalue weighted by molar-refractivity contribution is 0.200. The number of ether oxygens (including phenoxy) is 1. The van der Waals surface area contributed by atoms with Crippen LogP contribution in [0.2, 0.25) is 0 Å². The van der Waals surface area contributed by atoms with Crippen molar-refractivity contribution in [2.75, 3.05) is 25.2 Å². The maximum atomic E-state index is 8.86. The van der Waals surface area contributed by atoms with E-state index >= 15 is 0 Å². The van der Waals surface area contributed by atoms with Crippen LogP contribution in [0.25, 0.3) is 0 Å². The van der Waals surface area contributed by atoms with Gasteiger partial charge in [-0.15, -0.1) is 0 Å². The molecular formula is C7H16O2S. The first-order chi connectivity index (χ1) is 4.77. The zero-order valence-electron chi connectivity index (χ0n) is 6.67. The molecule has 62 valence electrons. The maximum Gasteiger partial charge on any atom is 0.0602 e. The van der Waals surface area contributed by atoms with E-state index in [2.05, 4.69) is 0 Å². The summed E-state index contributed by atoms with van der Waals surface area (Å²) in [6.07, 6.45) is 0.904. The molecule has 0 aliphatic rings. The Morgan fingerprint density at radius 2 is 2.30 bits per heavy atom. The minimum absolute atomic E-state index is 0.174. The molecule has 0 amide bonds. The molecule has 10 heavy (non-hydrogen) atoms. The van der Waals surface area contributed by atoms with Gasteiger partial charge in [-0.25, -0.2) is 0 Å². The van der Waals surface area contributed by atoms with E-state index in [0.29, 0.717) is 0 Å². The first-order valence-corrected chi connectivity index (χ1v) is 4.67. The highest BCUT2D eigenvalue weighted by Gasteiger charge is 1.94. The molecule has 1 atom stereocenters. The molecule has 2 nitrogen and oxygen atoms in total. The molecule has 0 saturated carbocycles. The van der Waals surface area contributed by atoms with Crippen LogP contribution < -0.4 is 0 Å². The second-order valence-corrected chi connectivity index (χ2v) is 3.42. The third-order valence-corrected chi connectivity index (χ3v) is 2.29. The number of hydrogen-bond acceptors (Lipinski definition) is 3. The molecule has 0 aromatic heterocycles. The second-order valence-electron chi connectivity index (χ2n) is 2.27. The zero-order chi connectivity index (χ0) is 7.82. The van der Waals surface area contributed by atoms with Crippen molar-refractivity contribution >= 4 is 11.8 Å². The minimum atomic E-state index is -0.174. The van der Waals surface area contributed by atoms with Crippen molar-refractivity contribution in [3.05, 3.63) is 0 Å². The molecule has 3 heteroatoms. The highest BCUT2D eigenvalue weighted by molar-refractivity contribution is 7.99. The molecule has 0 bridgehead atoms. The van der Waals surface area contributed by atoms with Gasteiger partial charge < -0.3 is 9.84 Å². The molecule has 0 saturated heterocycles. The van der Waals surface area contributed by atoms with Gasteiger partial charge in [0.2, 0.25) is 0 Å². The molecule has 1 N–H and O–H groups in total. The minimum Gasteiger partial charge on any atom is -0.393 e. The quantitative estimate of drug-likeness (QED) is 0.597. The number of hydrogen-bond donors (Lipinski definition) is 1. The van der Waals surface area contributed by atoms with Gasteiger partial charge in [-0.2, -0.15) is 11.8 Å². The summed E-state index contributed by atoms with van der Waals surface area (Å²) in [7, 11) is 1.71. The Bertz CT molecular complexity index is 66.6. The Morgan fingerprint density at radius 3 is 2.80 bits per heavy atom. The van der Waals surface area contributed by atoms with Crippen molar-refractivity contribution in [1.29, 1.82) is 0 Å². The van der Waals surface area contributed by atoms with Crippen molar-refractivity contribution in [2.24, 2.45) is 0 Å². The Balaban J connectivity index is 2.77. The Hall–Kier alpha value is 0.270. The number of rotatable bonds is 6. The highest BCUT2D eigenvalue weighted by Crippen LogP contribution is 2.03. The maximum absolute atomic E-state index is 8.86. The van der Waals surface area contributed by atoms with Gasteiger partial charge in [0.1, 0.15) is 0 Å². The molecule has 0 aliphatic carbocycles. The summed E-state index contributed by atoms with van der Waals surface area (Å²) < 4.78 is 4.87. The normalized spacial score (nSPS) is 13.5. The molecule has 0 aliphatic heterocycles. The van der Waals surface area contributed by atoms with Crippen LogP contribution in [0.3, 0.4) is 0 Å². The lowest BCUT2D eigenvalue weighted by Gasteiger charge is -2.02. The van der Waals surface area contributed by atoms with E-state index in [1.165, 1.54) is 0 Å². The molecule has 0 aromatic carbocycles. The molecule has 0 spiro atoms. The van der Waals surface area contributed by atoms with Gasteiger partial charge >= 0.3 is 0 Å². The number of aliphatic hydroxyl groups is 1. The van der Waals surface area contributed by atoms with Crippen molar-refractivity contribution < 1.29 is 9.84 Å². The first-order valence-electron chi connectivity index (χ1n) is 3.52. The van der Waals surface area contributed by atoms with Crippen LogP contribution in [0.15, 0.2) is 0 Å². The molecule has 1 unspecified atom stereocenters. The summed E-state index contributed by atoms with van der Waals surface area (Å²) in [5.41, 5.74) is 0. The SMILES string of the molecule is COCCCSCC(C)O. The Kier molecular flexibility index (Phi) is 7.58. The first kappa shape index (κ1) is 10.3. The number of aliphatic hydroxyl groups excluding tert-OH is 1. The van der Waals surface area contributed by atoms with Crippen molar-refractivity contribution in [3.63, 3.8) is 0 Å². The number of methoxy groups -OCH3 is 1. The van der Waals surface area contributed by atoms with Crippen LogP contribution >= 0.6 is 11.8 Å². The Labute approximate surface area is 67.0 Å². The fraction of sp³-hybridized carbons (Fsp3) is 1.00. The van der Waals surface area contributed by atoms with Crippen molar-refractivity contribution in [1.82, 2.24) is 0 Å². The summed E-state index contributed by atoms with van der Waals surface area (Å²) in [6.45, 7) is 2.64. The molecule has 0 fully saturated rings. The van der Waals surface area contributed by atoms with Gasteiger partial charge in [0.25, 0.3) is 0 Å². The van der Waals surface area contributed by atoms with Crippen LogP contribution in [0.5, 0.6) is 0 Å². The van der Waals surface area contributed by atoms with Gasteiger partial charge in [0, 0.05) is 19.5 Å². The monoisotopic (exact) mass is 164 g/mol. The van der Waals surface area contributed by atoms with Crippen LogP contribution in [-0.2, 0) is 4.74 Å². The van der Waals surface area contributed by atoms with Gasteiger partial charge in [-0.05, 0) is 19.1 Å². The van der Waals surface area contributed by atoms with E-state index in [1.807, 2.05) is 6.92 Å². The van der Waals surface area contributed by atoms with E-state index in [-0.39, 0.29) is 6.10 Å². The molecule has 0 rings (SSSR count). The third-order valence-electron chi connectivity index (χ3n) is 0.996. The van der Waals surface area contributed by atoms with Crippen LogP contribution in [0.1, 0.15) is 13.3 Å². The van der Waals surface area contributed by atoms with Gasteiger partial charge in [-0.1, -0.05) is 0 Å². The van der Waals surface area contributed by atoms with Crippen LogP contribution in [-0.4, -0.2) is 36.4 Å². The highest BCUT2D eigenvalue weighted by atomic mass is 32.2. The number of thioether (sulfide) groups is 1. The fourth-order valence-electron chi connectivity index (χ4n) is 0.559. The predicted octanol–water partition coefficient (Wildman–Crippen LogP) is 1.14. The van der Waals surface area contributed by atoms with Gasteiger partial charge in [0.05, 0.1) is 6.10 Å². The Morgan fingerprint density at radius 1 is 1.60 bits per heavy atom. The van der Waals surface area contributed by atoms with E-state index in [4.69, 9.17) is 9.84 Å². The lowest BCUT2D eigenvalue weighted by atomic mass is 10.5.